The van der Waals surface area contributed by atoms with E-state index in [1.165, 1.54) is 13.8 Å². The fraction of sp³-hybridized carbons (Fsp3) is 0.667. The molecule has 0 fully saturated rings. The van der Waals surface area contributed by atoms with Gasteiger partial charge in [-0.15, -0.1) is 0 Å². The molecule has 4 amide bonds. The van der Waals surface area contributed by atoms with Crippen molar-refractivity contribution < 1.29 is 19.2 Å². The highest BCUT2D eigenvalue weighted by molar-refractivity contribution is 5.93. The van der Waals surface area contributed by atoms with Crippen molar-refractivity contribution in [3.8, 4) is 0 Å². The lowest BCUT2D eigenvalue weighted by atomic mass is 10.0. The molecule has 0 aliphatic carbocycles. The van der Waals surface area contributed by atoms with Crippen molar-refractivity contribution in [2.24, 2.45) is 17.4 Å². The smallest absolute Gasteiger partial charge is 0.243 e. The van der Waals surface area contributed by atoms with Gasteiger partial charge in [0.2, 0.25) is 23.6 Å². The maximum atomic E-state index is 12.7. The van der Waals surface area contributed by atoms with Gasteiger partial charge in [0.1, 0.15) is 18.1 Å². The summed E-state index contributed by atoms with van der Waals surface area (Å²) in [5.74, 6) is -1.58. The summed E-state index contributed by atoms with van der Waals surface area (Å²) in [6.07, 6.45) is 1.19. The standard InChI is InChI=1S/C18H34N6O4/c1-10(2)9-15(16(20)26)24-18(28)14(7-6-8-21-12(4)19)23-17(27)11(3)22-13(5)25/h10-11,14-15,21H,4,6-9,19H2,1-3,5H3,(H2,20,26)(H,22,25)(H,23,27)(H,24,28)/t11-,14-,15-/m0/s1. The van der Waals surface area contributed by atoms with Crippen LogP contribution in [0, 0.1) is 5.92 Å². The Morgan fingerprint density at radius 1 is 0.929 bits per heavy atom. The lowest BCUT2D eigenvalue weighted by Gasteiger charge is -2.24. The van der Waals surface area contributed by atoms with Gasteiger partial charge in [0.15, 0.2) is 0 Å². The Morgan fingerprint density at radius 2 is 1.50 bits per heavy atom. The van der Waals surface area contributed by atoms with Crippen LogP contribution in [0.5, 0.6) is 0 Å². The fourth-order valence-corrected chi connectivity index (χ4v) is 2.48. The zero-order chi connectivity index (χ0) is 21.9. The number of nitrogens with one attached hydrogen (secondary N) is 4. The molecule has 0 heterocycles. The highest BCUT2D eigenvalue weighted by Gasteiger charge is 2.27. The Morgan fingerprint density at radius 3 is 1.96 bits per heavy atom. The number of nitrogens with two attached hydrogens (primary N) is 2. The van der Waals surface area contributed by atoms with Crippen molar-refractivity contribution in [1.82, 2.24) is 21.3 Å². The van der Waals surface area contributed by atoms with Crippen LogP contribution in [-0.4, -0.2) is 48.3 Å². The molecule has 0 aromatic rings. The van der Waals surface area contributed by atoms with Gasteiger partial charge < -0.3 is 32.7 Å². The summed E-state index contributed by atoms with van der Waals surface area (Å²) >= 11 is 0. The Kier molecular flexibility index (Phi) is 11.3. The predicted octanol–water partition coefficient (Wildman–Crippen LogP) is -1.19. The van der Waals surface area contributed by atoms with Gasteiger partial charge in [-0.2, -0.15) is 0 Å². The molecule has 0 saturated carbocycles. The number of hydrogen-bond acceptors (Lipinski definition) is 6. The lowest BCUT2D eigenvalue weighted by molar-refractivity contribution is -0.133. The summed E-state index contributed by atoms with van der Waals surface area (Å²) in [6, 6.07) is -2.54. The summed E-state index contributed by atoms with van der Waals surface area (Å²) in [6.45, 7) is 10.6. The Hall–Kier alpha value is -2.78. The van der Waals surface area contributed by atoms with E-state index < -0.39 is 35.8 Å². The van der Waals surface area contributed by atoms with E-state index in [-0.39, 0.29) is 18.2 Å². The molecule has 0 spiro atoms. The van der Waals surface area contributed by atoms with Crippen molar-refractivity contribution in [1.29, 1.82) is 0 Å². The number of rotatable bonds is 13. The molecular weight excluding hydrogens is 364 g/mol. The molecule has 160 valence electrons. The van der Waals surface area contributed by atoms with E-state index in [4.69, 9.17) is 11.5 Å². The minimum atomic E-state index is -0.898. The van der Waals surface area contributed by atoms with E-state index in [1.807, 2.05) is 13.8 Å². The topological polar surface area (TPSA) is 168 Å². The van der Waals surface area contributed by atoms with E-state index in [0.717, 1.165) is 0 Å². The molecule has 0 aromatic carbocycles. The van der Waals surface area contributed by atoms with Crippen LogP contribution in [0.1, 0.15) is 47.0 Å². The van der Waals surface area contributed by atoms with E-state index in [0.29, 0.717) is 25.2 Å². The third-order valence-electron chi connectivity index (χ3n) is 3.83. The van der Waals surface area contributed by atoms with Gasteiger partial charge in [-0.05, 0) is 32.1 Å². The summed E-state index contributed by atoms with van der Waals surface area (Å²) in [5.41, 5.74) is 10.8. The van der Waals surface area contributed by atoms with E-state index >= 15 is 0 Å². The normalized spacial score (nSPS) is 13.8. The zero-order valence-corrected chi connectivity index (χ0v) is 17.1. The molecule has 28 heavy (non-hydrogen) atoms. The Balaban J connectivity index is 5.09. The molecule has 8 N–H and O–H groups in total. The number of amides is 4. The second kappa shape index (κ2) is 12.6. The van der Waals surface area contributed by atoms with Gasteiger partial charge in [0, 0.05) is 13.5 Å². The SMILES string of the molecule is C=C(N)NCCC[C@H](NC(=O)[C@H](C)NC(C)=O)C(=O)N[C@@H](CC(C)C)C(N)=O. The van der Waals surface area contributed by atoms with Crippen LogP contribution in [0.15, 0.2) is 12.4 Å². The monoisotopic (exact) mass is 398 g/mol. The van der Waals surface area contributed by atoms with Crippen molar-refractivity contribution in [3.05, 3.63) is 12.4 Å². The molecule has 0 radical (unpaired) electrons. The molecule has 10 heteroatoms. The van der Waals surface area contributed by atoms with Crippen LogP contribution in [0.2, 0.25) is 0 Å². The molecule has 10 nitrogen and oxygen atoms in total. The molecule has 0 unspecified atom stereocenters. The molecule has 3 atom stereocenters. The Bertz CT molecular complexity index is 578. The summed E-state index contributed by atoms with van der Waals surface area (Å²) < 4.78 is 0. The first-order valence-electron chi connectivity index (χ1n) is 9.29. The van der Waals surface area contributed by atoms with Gasteiger partial charge in [-0.1, -0.05) is 20.4 Å². The minimum Gasteiger partial charge on any atom is -0.386 e. The first kappa shape index (κ1) is 25.2. The predicted molar refractivity (Wildman–Crippen MR) is 106 cm³/mol. The summed E-state index contributed by atoms with van der Waals surface area (Å²) in [7, 11) is 0. The molecule has 0 aliphatic rings. The van der Waals surface area contributed by atoms with Crippen LogP contribution in [0.3, 0.4) is 0 Å². The first-order valence-corrected chi connectivity index (χ1v) is 9.29. The number of carbonyl (C=O) groups excluding carboxylic acids is 4. The van der Waals surface area contributed by atoms with Gasteiger partial charge in [0.05, 0.1) is 5.82 Å². The minimum absolute atomic E-state index is 0.144. The first-order chi connectivity index (χ1) is 12.9. The van der Waals surface area contributed by atoms with E-state index in [9.17, 15) is 19.2 Å². The van der Waals surface area contributed by atoms with Gasteiger partial charge in [-0.3, -0.25) is 19.2 Å². The summed E-state index contributed by atoms with van der Waals surface area (Å²) in [5, 5.41) is 10.5. The van der Waals surface area contributed by atoms with Crippen LogP contribution in [0.4, 0.5) is 0 Å². The second-order valence-electron chi connectivity index (χ2n) is 7.17. The molecule has 0 aromatic heterocycles. The maximum absolute atomic E-state index is 12.7. The van der Waals surface area contributed by atoms with Gasteiger partial charge >= 0.3 is 0 Å². The van der Waals surface area contributed by atoms with Crippen LogP contribution in [-0.2, 0) is 19.2 Å². The Labute approximate surface area is 166 Å². The molecule has 0 saturated heterocycles. The van der Waals surface area contributed by atoms with Gasteiger partial charge in [-0.25, -0.2) is 0 Å². The molecule has 0 aliphatic heterocycles. The molecule has 0 rings (SSSR count). The van der Waals surface area contributed by atoms with Crippen molar-refractivity contribution in [2.75, 3.05) is 6.54 Å². The van der Waals surface area contributed by atoms with Crippen LogP contribution >= 0.6 is 0 Å². The highest BCUT2D eigenvalue weighted by Crippen LogP contribution is 2.06. The zero-order valence-electron chi connectivity index (χ0n) is 17.1. The third-order valence-corrected chi connectivity index (χ3v) is 3.83. The number of hydrogen-bond donors (Lipinski definition) is 6. The number of carbonyl (C=O) groups is 4. The summed E-state index contributed by atoms with van der Waals surface area (Å²) in [4.78, 5) is 47.7. The third kappa shape index (κ3) is 11.0. The van der Waals surface area contributed by atoms with Gasteiger partial charge in [0.25, 0.3) is 0 Å². The van der Waals surface area contributed by atoms with Crippen LogP contribution in [0.25, 0.3) is 0 Å². The maximum Gasteiger partial charge on any atom is 0.243 e. The van der Waals surface area contributed by atoms with Crippen molar-refractivity contribution in [2.45, 2.75) is 65.1 Å². The largest absolute Gasteiger partial charge is 0.386 e. The van der Waals surface area contributed by atoms with Crippen LogP contribution < -0.4 is 32.7 Å². The average Bonchev–Trinajstić information content (AvgIpc) is 2.55. The number of primary amides is 1. The second-order valence-corrected chi connectivity index (χ2v) is 7.17. The van der Waals surface area contributed by atoms with E-state index in [1.54, 1.807) is 0 Å². The van der Waals surface area contributed by atoms with Crippen molar-refractivity contribution >= 4 is 23.6 Å². The lowest BCUT2D eigenvalue weighted by Crippen LogP contribution is -2.56. The van der Waals surface area contributed by atoms with Crippen molar-refractivity contribution in [3.63, 3.8) is 0 Å². The average molecular weight is 399 g/mol. The quantitative estimate of drug-likeness (QED) is 0.213. The van der Waals surface area contributed by atoms with E-state index in [2.05, 4.69) is 27.8 Å². The highest BCUT2D eigenvalue weighted by atomic mass is 16.2. The molecular formula is C18H34N6O4. The molecule has 0 bridgehead atoms. The fourth-order valence-electron chi connectivity index (χ4n) is 2.48.